The monoisotopic (exact) mass is 156 g/mol. The fraction of sp³-hybridized carbons (Fsp3) is 0.875. The summed E-state index contributed by atoms with van der Waals surface area (Å²) in [6.45, 7) is 1.45. The van der Waals surface area contributed by atoms with Crippen molar-refractivity contribution in [2.24, 2.45) is 0 Å². The van der Waals surface area contributed by atoms with Gasteiger partial charge in [0.1, 0.15) is 12.2 Å². The zero-order valence-corrected chi connectivity index (χ0v) is 6.58. The molecule has 2 aliphatic rings. The SMILES string of the molecule is CC(=O)OC1CCCC2OC12. The van der Waals surface area contributed by atoms with Gasteiger partial charge >= 0.3 is 5.97 Å². The Morgan fingerprint density at radius 2 is 2.36 bits per heavy atom. The highest BCUT2D eigenvalue weighted by molar-refractivity contribution is 5.66. The number of hydrogen-bond donors (Lipinski definition) is 0. The van der Waals surface area contributed by atoms with E-state index in [-0.39, 0.29) is 18.2 Å². The molecule has 3 unspecified atom stereocenters. The number of hydrogen-bond acceptors (Lipinski definition) is 3. The Balaban J connectivity index is 1.88. The van der Waals surface area contributed by atoms with Gasteiger partial charge in [0.15, 0.2) is 0 Å². The van der Waals surface area contributed by atoms with Crippen LogP contribution in [-0.2, 0) is 14.3 Å². The van der Waals surface area contributed by atoms with Gasteiger partial charge in [-0.1, -0.05) is 0 Å². The molecule has 3 nitrogen and oxygen atoms in total. The number of esters is 1. The molecule has 1 heterocycles. The number of ether oxygens (including phenoxy) is 2. The van der Waals surface area contributed by atoms with Gasteiger partial charge in [0, 0.05) is 6.92 Å². The van der Waals surface area contributed by atoms with Crippen LogP contribution in [0.1, 0.15) is 26.2 Å². The Hall–Kier alpha value is -0.570. The summed E-state index contributed by atoms with van der Waals surface area (Å²) in [6.07, 6.45) is 3.91. The van der Waals surface area contributed by atoms with Crippen LogP contribution in [0, 0.1) is 0 Å². The van der Waals surface area contributed by atoms with Crippen molar-refractivity contribution >= 4 is 5.97 Å². The number of carbonyl (C=O) groups is 1. The highest BCUT2D eigenvalue weighted by Crippen LogP contribution is 2.38. The van der Waals surface area contributed by atoms with E-state index in [4.69, 9.17) is 9.47 Å². The van der Waals surface area contributed by atoms with E-state index < -0.39 is 0 Å². The van der Waals surface area contributed by atoms with Crippen molar-refractivity contribution in [1.82, 2.24) is 0 Å². The smallest absolute Gasteiger partial charge is 0.302 e. The minimum atomic E-state index is -0.189. The standard InChI is InChI=1S/C8H12O3/c1-5(9)10-6-3-2-4-7-8(6)11-7/h6-8H,2-4H2,1H3. The van der Waals surface area contributed by atoms with E-state index in [0.717, 1.165) is 19.3 Å². The molecule has 3 atom stereocenters. The van der Waals surface area contributed by atoms with Gasteiger partial charge in [-0.25, -0.2) is 0 Å². The minimum absolute atomic E-state index is 0.0475. The van der Waals surface area contributed by atoms with Crippen LogP contribution < -0.4 is 0 Å². The predicted octanol–water partition coefficient (Wildman–Crippen LogP) is 0.869. The van der Waals surface area contributed by atoms with Gasteiger partial charge in [0.25, 0.3) is 0 Å². The highest BCUT2D eigenvalue weighted by atomic mass is 16.6. The summed E-state index contributed by atoms with van der Waals surface area (Å²) in [7, 11) is 0. The Labute approximate surface area is 65.7 Å². The van der Waals surface area contributed by atoms with Crippen LogP contribution in [-0.4, -0.2) is 24.3 Å². The lowest BCUT2D eigenvalue weighted by Crippen LogP contribution is -2.26. The average molecular weight is 156 g/mol. The molecule has 0 radical (unpaired) electrons. The number of carbonyl (C=O) groups excluding carboxylic acids is 1. The second-order valence-electron chi connectivity index (χ2n) is 3.22. The Morgan fingerprint density at radius 1 is 1.55 bits per heavy atom. The summed E-state index contributed by atoms with van der Waals surface area (Å²) in [5.74, 6) is -0.189. The second-order valence-corrected chi connectivity index (χ2v) is 3.22. The first-order valence-corrected chi connectivity index (χ1v) is 4.10. The summed E-state index contributed by atoms with van der Waals surface area (Å²) < 4.78 is 10.4. The average Bonchev–Trinajstić information content (AvgIpc) is 2.65. The Morgan fingerprint density at radius 3 is 3.09 bits per heavy atom. The van der Waals surface area contributed by atoms with E-state index >= 15 is 0 Å². The Bertz CT molecular complexity index is 178. The molecule has 11 heavy (non-hydrogen) atoms. The summed E-state index contributed by atoms with van der Waals surface area (Å²) in [5.41, 5.74) is 0. The molecule has 0 aromatic carbocycles. The molecule has 1 saturated heterocycles. The fourth-order valence-corrected chi connectivity index (χ4v) is 1.74. The van der Waals surface area contributed by atoms with Gasteiger partial charge in [0.05, 0.1) is 6.10 Å². The van der Waals surface area contributed by atoms with E-state index in [1.165, 1.54) is 6.92 Å². The van der Waals surface area contributed by atoms with Gasteiger partial charge in [-0.05, 0) is 19.3 Å². The molecular formula is C8H12O3. The van der Waals surface area contributed by atoms with Crippen LogP contribution in [0.4, 0.5) is 0 Å². The van der Waals surface area contributed by atoms with Crippen molar-refractivity contribution in [1.29, 1.82) is 0 Å². The van der Waals surface area contributed by atoms with Crippen LogP contribution in [0.5, 0.6) is 0 Å². The van der Waals surface area contributed by atoms with Crippen molar-refractivity contribution in [3.05, 3.63) is 0 Å². The van der Waals surface area contributed by atoms with E-state index in [0.29, 0.717) is 6.10 Å². The second kappa shape index (κ2) is 2.48. The third-order valence-corrected chi connectivity index (χ3v) is 2.28. The highest BCUT2D eigenvalue weighted by Gasteiger charge is 2.48. The van der Waals surface area contributed by atoms with Crippen LogP contribution in [0.25, 0.3) is 0 Å². The molecule has 2 fully saturated rings. The van der Waals surface area contributed by atoms with E-state index in [9.17, 15) is 4.79 Å². The first kappa shape index (κ1) is 7.10. The zero-order chi connectivity index (χ0) is 7.84. The summed E-state index contributed by atoms with van der Waals surface area (Å²) in [4.78, 5) is 10.6. The van der Waals surface area contributed by atoms with Gasteiger partial charge in [0.2, 0.25) is 0 Å². The topological polar surface area (TPSA) is 38.8 Å². The van der Waals surface area contributed by atoms with Crippen LogP contribution >= 0.6 is 0 Å². The van der Waals surface area contributed by atoms with Gasteiger partial charge in [-0.2, -0.15) is 0 Å². The molecule has 2 rings (SSSR count). The quantitative estimate of drug-likeness (QED) is 0.417. The maximum atomic E-state index is 10.6. The summed E-state index contributed by atoms with van der Waals surface area (Å²) in [6, 6.07) is 0. The Kier molecular flexibility index (Phi) is 1.60. The fourth-order valence-electron chi connectivity index (χ4n) is 1.74. The van der Waals surface area contributed by atoms with Crippen molar-refractivity contribution in [2.45, 2.75) is 44.5 Å². The number of fused-ring (bicyclic) bond motifs is 1. The molecule has 62 valence electrons. The van der Waals surface area contributed by atoms with E-state index in [1.807, 2.05) is 0 Å². The molecule has 1 saturated carbocycles. The van der Waals surface area contributed by atoms with Gasteiger partial charge in [-0.3, -0.25) is 4.79 Å². The summed E-state index contributed by atoms with van der Waals surface area (Å²) in [5, 5.41) is 0. The molecule has 0 aromatic heterocycles. The normalized spacial score (nSPS) is 41.0. The molecule has 1 aliphatic heterocycles. The first-order valence-electron chi connectivity index (χ1n) is 4.10. The lowest BCUT2D eigenvalue weighted by molar-refractivity contribution is -0.147. The maximum absolute atomic E-state index is 10.6. The van der Waals surface area contributed by atoms with E-state index in [2.05, 4.69) is 0 Å². The van der Waals surface area contributed by atoms with E-state index in [1.54, 1.807) is 0 Å². The molecule has 0 N–H and O–H groups in total. The molecule has 1 aliphatic carbocycles. The number of epoxide rings is 1. The van der Waals surface area contributed by atoms with Crippen molar-refractivity contribution in [3.8, 4) is 0 Å². The van der Waals surface area contributed by atoms with Crippen LogP contribution in [0.15, 0.2) is 0 Å². The van der Waals surface area contributed by atoms with Crippen LogP contribution in [0.2, 0.25) is 0 Å². The molecule has 0 spiro atoms. The zero-order valence-electron chi connectivity index (χ0n) is 6.58. The largest absolute Gasteiger partial charge is 0.460 e. The van der Waals surface area contributed by atoms with Crippen molar-refractivity contribution < 1.29 is 14.3 Å². The molecule has 0 bridgehead atoms. The lowest BCUT2D eigenvalue weighted by atomic mass is 9.98. The minimum Gasteiger partial charge on any atom is -0.460 e. The predicted molar refractivity (Wildman–Crippen MR) is 38.1 cm³/mol. The molecule has 3 heteroatoms. The third kappa shape index (κ3) is 1.38. The first-order chi connectivity index (χ1) is 5.27. The molecule has 0 aromatic rings. The van der Waals surface area contributed by atoms with Crippen molar-refractivity contribution in [3.63, 3.8) is 0 Å². The molecule has 0 amide bonds. The third-order valence-electron chi connectivity index (χ3n) is 2.28. The summed E-state index contributed by atoms with van der Waals surface area (Å²) >= 11 is 0. The van der Waals surface area contributed by atoms with Crippen molar-refractivity contribution in [2.75, 3.05) is 0 Å². The molecular weight excluding hydrogens is 144 g/mol. The van der Waals surface area contributed by atoms with Gasteiger partial charge in [-0.15, -0.1) is 0 Å². The maximum Gasteiger partial charge on any atom is 0.302 e. The van der Waals surface area contributed by atoms with Gasteiger partial charge < -0.3 is 9.47 Å². The number of rotatable bonds is 1. The lowest BCUT2D eigenvalue weighted by Gasteiger charge is -2.17. The van der Waals surface area contributed by atoms with Crippen LogP contribution in [0.3, 0.4) is 0 Å².